The Morgan fingerprint density at radius 2 is 1.59 bits per heavy atom. The number of unbranched alkanes of at least 4 members (excludes halogenated alkanes) is 3. The molecule has 0 aliphatic rings. The highest BCUT2D eigenvalue weighted by Crippen LogP contribution is 2.18. The minimum absolute atomic E-state index is 0.141. The first-order chi connectivity index (χ1) is 15.7. The number of carbonyl (C=O) groups excluding carboxylic acids is 1. The third kappa shape index (κ3) is 7.57. The van der Waals surface area contributed by atoms with Gasteiger partial charge in [-0.05, 0) is 41.8 Å². The molecule has 0 saturated carbocycles. The maximum absolute atomic E-state index is 12.4. The van der Waals surface area contributed by atoms with Crippen LogP contribution < -0.4 is 10.1 Å². The Morgan fingerprint density at radius 1 is 0.875 bits per heavy atom. The minimum Gasteiger partial charge on any atom is -0.497 e. The van der Waals surface area contributed by atoms with Crippen LogP contribution in [0.5, 0.6) is 5.75 Å². The summed E-state index contributed by atoms with van der Waals surface area (Å²) in [6.45, 7) is 5.03. The number of carbonyl (C=O) groups is 1. The summed E-state index contributed by atoms with van der Waals surface area (Å²) in [5, 5.41) is 2.96. The molecule has 170 valence electrons. The molecule has 5 nitrogen and oxygen atoms in total. The fraction of sp³-hybridized carbons (Fsp3) is 0.370. The van der Waals surface area contributed by atoms with Gasteiger partial charge in [0.25, 0.3) is 5.91 Å². The summed E-state index contributed by atoms with van der Waals surface area (Å²) in [7, 11) is 1.67. The van der Waals surface area contributed by atoms with E-state index >= 15 is 0 Å². The molecule has 1 heterocycles. The van der Waals surface area contributed by atoms with Crippen LogP contribution in [0.25, 0.3) is 0 Å². The van der Waals surface area contributed by atoms with Crippen LogP contribution in [0, 0.1) is 0 Å². The molecule has 0 atom stereocenters. The van der Waals surface area contributed by atoms with Gasteiger partial charge in [-0.15, -0.1) is 0 Å². The molecule has 1 aromatic heterocycles. The first-order valence-electron chi connectivity index (χ1n) is 11.4. The number of benzene rings is 2. The molecule has 0 unspecified atom stereocenters. The van der Waals surface area contributed by atoms with Crippen molar-refractivity contribution in [2.24, 2.45) is 0 Å². The quantitative estimate of drug-likeness (QED) is 0.345. The summed E-state index contributed by atoms with van der Waals surface area (Å²) in [6, 6.07) is 22.2. The highest BCUT2D eigenvalue weighted by Gasteiger charge is 2.14. The fourth-order valence-electron chi connectivity index (χ4n) is 3.64. The Balaban J connectivity index is 1.63. The van der Waals surface area contributed by atoms with Crippen molar-refractivity contribution in [3.63, 3.8) is 0 Å². The normalized spacial score (nSPS) is 11.0. The van der Waals surface area contributed by atoms with Gasteiger partial charge in [-0.3, -0.25) is 9.69 Å². The van der Waals surface area contributed by atoms with E-state index in [2.05, 4.69) is 53.5 Å². The maximum atomic E-state index is 12.4. The Kier molecular flexibility index (Phi) is 9.38. The number of methoxy groups -OCH3 is 1. The van der Waals surface area contributed by atoms with E-state index in [1.807, 2.05) is 24.3 Å². The molecule has 5 heteroatoms. The molecule has 32 heavy (non-hydrogen) atoms. The van der Waals surface area contributed by atoms with Crippen molar-refractivity contribution >= 4 is 5.91 Å². The van der Waals surface area contributed by atoms with Crippen LogP contribution in [0.1, 0.15) is 60.0 Å². The lowest BCUT2D eigenvalue weighted by Crippen LogP contribution is -2.24. The van der Waals surface area contributed by atoms with E-state index < -0.39 is 0 Å². The third-order valence-electron chi connectivity index (χ3n) is 5.40. The summed E-state index contributed by atoms with van der Waals surface area (Å²) in [4.78, 5) is 14.7. The molecule has 0 aliphatic heterocycles. The molecule has 3 aromatic rings. The van der Waals surface area contributed by atoms with Crippen LogP contribution in [-0.2, 0) is 19.6 Å². The van der Waals surface area contributed by atoms with Crippen LogP contribution in [0.4, 0.5) is 0 Å². The van der Waals surface area contributed by atoms with Gasteiger partial charge in [0, 0.05) is 19.6 Å². The van der Waals surface area contributed by atoms with Crippen LogP contribution in [0.3, 0.4) is 0 Å². The average Bonchev–Trinajstić information content (AvgIpc) is 3.28. The molecule has 0 saturated heterocycles. The fourth-order valence-corrected chi connectivity index (χ4v) is 3.64. The third-order valence-corrected chi connectivity index (χ3v) is 5.40. The molecular formula is C27H34N2O3. The Morgan fingerprint density at radius 3 is 2.28 bits per heavy atom. The Bertz CT molecular complexity index is 935. The van der Waals surface area contributed by atoms with Crippen molar-refractivity contribution in [2.75, 3.05) is 13.7 Å². The molecule has 1 N–H and O–H groups in total. The number of amides is 1. The molecule has 0 radical (unpaired) electrons. The predicted molar refractivity (Wildman–Crippen MR) is 128 cm³/mol. The van der Waals surface area contributed by atoms with E-state index in [4.69, 9.17) is 9.15 Å². The van der Waals surface area contributed by atoms with Crippen molar-refractivity contribution in [3.05, 3.63) is 89.4 Å². The summed E-state index contributed by atoms with van der Waals surface area (Å²) >= 11 is 0. The zero-order valence-electron chi connectivity index (χ0n) is 19.2. The number of nitrogens with one attached hydrogen (secondary N) is 1. The number of rotatable bonds is 13. The number of furan rings is 1. The Labute approximate surface area is 191 Å². The van der Waals surface area contributed by atoms with E-state index in [-0.39, 0.29) is 5.91 Å². The molecule has 0 spiro atoms. The number of nitrogens with zero attached hydrogens (tertiary/aromatic N) is 1. The van der Waals surface area contributed by atoms with Crippen molar-refractivity contribution in [2.45, 2.75) is 52.2 Å². The zero-order valence-corrected chi connectivity index (χ0v) is 19.2. The maximum Gasteiger partial charge on any atom is 0.286 e. The second kappa shape index (κ2) is 12.7. The van der Waals surface area contributed by atoms with Gasteiger partial charge in [0.1, 0.15) is 11.5 Å². The van der Waals surface area contributed by atoms with E-state index in [0.717, 1.165) is 37.4 Å². The smallest absolute Gasteiger partial charge is 0.286 e. The predicted octanol–water partition coefficient (Wildman–Crippen LogP) is 5.80. The average molecular weight is 435 g/mol. The monoisotopic (exact) mass is 434 g/mol. The van der Waals surface area contributed by atoms with E-state index in [0.29, 0.717) is 18.8 Å². The van der Waals surface area contributed by atoms with Crippen LogP contribution in [-0.4, -0.2) is 24.5 Å². The van der Waals surface area contributed by atoms with Gasteiger partial charge in [0.2, 0.25) is 0 Å². The van der Waals surface area contributed by atoms with Crippen molar-refractivity contribution in [3.8, 4) is 5.75 Å². The van der Waals surface area contributed by atoms with Crippen LogP contribution in [0.15, 0.2) is 71.1 Å². The van der Waals surface area contributed by atoms with Gasteiger partial charge in [-0.2, -0.15) is 0 Å². The van der Waals surface area contributed by atoms with Crippen molar-refractivity contribution in [1.29, 1.82) is 0 Å². The Hall–Kier alpha value is -3.05. The number of hydrogen-bond acceptors (Lipinski definition) is 4. The first-order valence-corrected chi connectivity index (χ1v) is 11.4. The van der Waals surface area contributed by atoms with E-state index in [1.165, 1.54) is 24.0 Å². The molecule has 1 amide bonds. The summed E-state index contributed by atoms with van der Waals surface area (Å²) < 4.78 is 11.2. The van der Waals surface area contributed by atoms with Gasteiger partial charge >= 0.3 is 0 Å². The molecule has 3 rings (SSSR count). The standard InChI is InChI=1S/C27H34N2O3/c1-3-4-5-9-18-28-27(30)26-17-16-25(32-26)21-29(19-22-10-7-6-8-11-22)20-23-12-14-24(31-2)15-13-23/h6-8,10-17H,3-5,9,18-21H2,1-2H3,(H,28,30). The van der Waals surface area contributed by atoms with E-state index in [1.54, 1.807) is 13.2 Å². The van der Waals surface area contributed by atoms with Gasteiger partial charge in [-0.25, -0.2) is 0 Å². The van der Waals surface area contributed by atoms with Gasteiger partial charge in [0.15, 0.2) is 5.76 Å². The van der Waals surface area contributed by atoms with E-state index in [9.17, 15) is 4.79 Å². The second-order valence-corrected chi connectivity index (χ2v) is 8.06. The SMILES string of the molecule is CCCCCCNC(=O)c1ccc(CN(Cc2ccccc2)Cc2ccc(OC)cc2)o1. The van der Waals surface area contributed by atoms with Gasteiger partial charge in [0.05, 0.1) is 13.7 Å². The molecule has 0 fully saturated rings. The number of hydrogen-bond donors (Lipinski definition) is 1. The summed E-state index contributed by atoms with van der Waals surface area (Å²) in [5.74, 6) is 1.86. The van der Waals surface area contributed by atoms with Crippen molar-refractivity contribution < 1.29 is 13.9 Å². The van der Waals surface area contributed by atoms with Crippen molar-refractivity contribution in [1.82, 2.24) is 10.2 Å². The van der Waals surface area contributed by atoms with Crippen LogP contribution in [0.2, 0.25) is 0 Å². The lowest BCUT2D eigenvalue weighted by Gasteiger charge is -2.21. The van der Waals surface area contributed by atoms with Gasteiger partial charge < -0.3 is 14.5 Å². The summed E-state index contributed by atoms with van der Waals surface area (Å²) in [6.07, 6.45) is 4.53. The van der Waals surface area contributed by atoms with Crippen LogP contribution >= 0.6 is 0 Å². The second-order valence-electron chi connectivity index (χ2n) is 8.06. The molecule has 0 bridgehead atoms. The molecule has 2 aromatic carbocycles. The lowest BCUT2D eigenvalue weighted by atomic mass is 10.1. The number of ether oxygens (including phenoxy) is 1. The zero-order chi connectivity index (χ0) is 22.6. The lowest BCUT2D eigenvalue weighted by molar-refractivity contribution is 0.0920. The summed E-state index contributed by atoms with van der Waals surface area (Å²) in [5.41, 5.74) is 2.43. The topological polar surface area (TPSA) is 54.7 Å². The highest BCUT2D eigenvalue weighted by molar-refractivity contribution is 5.91. The minimum atomic E-state index is -0.141. The van der Waals surface area contributed by atoms with Gasteiger partial charge in [-0.1, -0.05) is 68.7 Å². The molecular weight excluding hydrogens is 400 g/mol. The molecule has 0 aliphatic carbocycles. The largest absolute Gasteiger partial charge is 0.497 e. The highest BCUT2D eigenvalue weighted by atomic mass is 16.5. The first kappa shape index (κ1) is 23.6.